The molecule has 1 heterocycles. The summed E-state index contributed by atoms with van der Waals surface area (Å²) in [5.41, 5.74) is 1.81. The first-order valence-electron chi connectivity index (χ1n) is 5.85. The van der Waals surface area contributed by atoms with Crippen molar-refractivity contribution in [2.75, 3.05) is 13.7 Å². The van der Waals surface area contributed by atoms with Crippen LogP contribution in [0.1, 0.15) is 17.2 Å². The van der Waals surface area contributed by atoms with Crippen molar-refractivity contribution in [1.82, 2.24) is 10.2 Å². The third-order valence-corrected chi connectivity index (χ3v) is 3.00. The number of amides is 2. The molecule has 0 saturated carbocycles. The third kappa shape index (κ3) is 2.44. The second-order valence-electron chi connectivity index (χ2n) is 4.21. The van der Waals surface area contributed by atoms with Gasteiger partial charge in [-0.25, -0.2) is 4.79 Å². The Labute approximate surface area is 112 Å². The molecule has 2 rings (SSSR count). The van der Waals surface area contributed by atoms with Gasteiger partial charge in [0.15, 0.2) is 0 Å². The first kappa shape index (κ1) is 13.1. The van der Waals surface area contributed by atoms with Crippen LogP contribution in [0.2, 0.25) is 0 Å². The fourth-order valence-corrected chi connectivity index (χ4v) is 2.20. The number of nitrogens with zero attached hydrogens (tertiary/aromatic N) is 1. The molecule has 1 aromatic rings. The highest BCUT2D eigenvalue weighted by molar-refractivity contribution is 6.06. The third-order valence-electron chi connectivity index (χ3n) is 3.00. The molecule has 5 heteroatoms. The number of hydrogen-bond acceptors (Lipinski definition) is 3. The van der Waals surface area contributed by atoms with Crippen LogP contribution in [0.5, 0.6) is 0 Å². The molecule has 1 aromatic carbocycles. The van der Waals surface area contributed by atoms with E-state index in [-0.39, 0.29) is 18.4 Å². The second kappa shape index (κ2) is 5.55. The fourth-order valence-electron chi connectivity index (χ4n) is 2.20. The molecule has 1 saturated heterocycles. The van der Waals surface area contributed by atoms with Crippen LogP contribution in [0.3, 0.4) is 0 Å². The van der Waals surface area contributed by atoms with Crippen LogP contribution in [-0.4, -0.2) is 30.4 Å². The van der Waals surface area contributed by atoms with Crippen molar-refractivity contribution in [2.24, 2.45) is 0 Å². The zero-order valence-electron chi connectivity index (χ0n) is 10.6. The van der Waals surface area contributed by atoms with Gasteiger partial charge in [0.1, 0.15) is 11.9 Å². The molecule has 0 spiro atoms. The molecule has 5 nitrogen and oxygen atoms in total. The average Bonchev–Trinajstić information content (AvgIpc) is 2.66. The number of hydrogen-bond donors (Lipinski definition) is 2. The Balaban J connectivity index is 2.41. The first-order valence-corrected chi connectivity index (χ1v) is 5.85. The normalized spacial score (nSPS) is 18.3. The van der Waals surface area contributed by atoms with E-state index in [9.17, 15) is 4.79 Å². The molecule has 98 valence electrons. The zero-order valence-corrected chi connectivity index (χ0v) is 10.6. The molecule has 1 aliphatic heterocycles. The van der Waals surface area contributed by atoms with Gasteiger partial charge in [0.05, 0.1) is 13.2 Å². The maximum atomic E-state index is 11.8. The molecular weight excluding hydrogens is 242 g/mol. The molecule has 1 unspecified atom stereocenters. The van der Waals surface area contributed by atoms with Crippen molar-refractivity contribution >= 4 is 11.9 Å². The molecule has 2 N–H and O–H groups in total. The lowest BCUT2D eigenvalue weighted by molar-refractivity contribution is 0.182. The molecule has 1 fully saturated rings. The van der Waals surface area contributed by atoms with E-state index in [2.05, 4.69) is 11.2 Å². The van der Waals surface area contributed by atoms with Crippen molar-refractivity contribution < 1.29 is 9.53 Å². The maximum absolute atomic E-state index is 11.8. The molecule has 19 heavy (non-hydrogen) atoms. The number of urea groups is 1. The van der Waals surface area contributed by atoms with Crippen LogP contribution in [0.4, 0.5) is 4.79 Å². The maximum Gasteiger partial charge on any atom is 0.324 e. The molecule has 1 atom stereocenters. The van der Waals surface area contributed by atoms with Gasteiger partial charge in [0, 0.05) is 7.11 Å². The monoisotopic (exact) mass is 257 g/mol. The highest BCUT2D eigenvalue weighted by Crippen LogP contribution is 2.28. The van der Waals surface area contributed by atoms with Gasteiger partial charge in [-0.1, -0.05) is 30.2 Å². The van der Waals surface area contributed by atoms with Gasteiger partial charge in [-0.3, -0.25) is 15.6 Å². The summed E-state index contributed by atoms with van der Waals surface area (Å²) in [6, 6.07) is 6.78. The molecule has 2 amide bonds. The summed E-state index contributed by atoms with van der Waals surface area (Å²) in [6.07, 6.45) is 5.29. The van der Waals surface area contributed by atoms with Crippen LogP contribution < -0.4 is 5.32 Å². The van der Waals surface area contributed by atoms with Crippen molar-refractivity contribution in [2.45, 2.75) is 12.6 Å². The quantitative estimate of drug-likeness (QED) is 0.803. The van der Waals surface area contributed by atoms with Crippen LogP contribution in [0.25, 0.3) is 0 Å². The average molecular weight is 257 g/mol. The minimum atomic E-state index is -0.463. The van der Waals surface area contributed by atoms with Crippen molar-refractivity contribution in [1.29, 1.82) is 5.41 Å². The summed E-state index contributed by atoms with van der Waals surface area (Å²) in [7, 11) is 1.61. The number of carbonyl (C=O) groups is 1. The summed E-state index contributed by atoms with van der Waals surface area (Å²) in [5.74, 6) is 2.59. The molecule has 0 bridgehead atoms. The van der Waals surface area contributed by atoms with E-state index in [0.29, 0.717) is 6.61 Å². The minimum absolute atomic E-state index is 0.142. The summed E-state index contributed by atoms with van der Waals surface area (Å²) < 4.78 is 5.15. The molecule has 1 aliphatic rings. The Morgan fingerprint density at radius 3 is 2.95 bits per heavy atom. The molecule has 0 radical (unpaired) electrons. The van der Waals surface area contributed by atoms with Gasteiger partial charge < -0.3 is 4.74 Å². The van der Waals surface area contributed by atoms with Crippen LogP contribution in [0.15, 0.2) is 24.3 Å². The van der Waals surface area contributed by atoms with Crippen LogP contribution >= 0.6 is 0 Å². The topological polar surface area (TPSA) is 65.4 Å². The zero-order chi connectivity index (χ0) is 13.8. The van der Waals surface area contributed by atoms with Gasteiger partial charge in [0.25, 0.3) is 0 Å². The van der Waals surface area contributed by atoms with Crippen molar-refractivity contribution in [3.63, 3.8) is 0 Å². The fraction of sp³-hybridized carbons (Fsp3) is 0.286. The predicted molar refractivity (Wildman–Crippen MR) is 71.7 cm³/mol. The molecular formula is C14H15N3O2. The van der Waals surface area contributed by atoms with E-state index in [0.717, 1.165) is 11.1 Å². The summed E-state index contributed by atoms with van der Waals surface area (Å²) in [4.78, 5) is 13.2. The first-order chi connectivity index (χ1) is 9.19. The molecule has 0 aliphatic carbocycles. The van der Waals surface area contributed by atoms with Gasteiger partial charge in [-0.2, -0.15) is 0 Å². The van der Waals surface area contributed by atoms with Gasteiger partial charge >= 0.3 is 6.03 Å². The Bertz CT molecular complexity index is 548. The summed E-state index contributed by atoms with van der Waals surface area (Å²) >= 11 is 0. The van der Waals surface area contributed by atoms with Gasteiger partial charge in [-0.05, 0) is 11.1 Å². The number of methoxy groups -OCH3 is 1. The number of ether oxygens (including phenoxy) is 1. The second-order valence-corrected chi connectivity index (χ2v) is 4.21. The van der Waals surface area contributed by atoms with Crippen LogP contribution in [-0.2, 0) is 11.3 Å². The van der Waals surface area contributed by atoms with E-state index < -0.39 is 6.04 Å². The Kier molecular flexibility index (Phi) is 3.83. The van der Waals surface area contributed by atoms with E-state index in [4.69, 9.17) is 16.6 Å². The van der Waals surface area contributed by atoms with E-state index in [1.165, 1.54) is 4.90 Å². The highest BCUT2D eigenvalue weighted by atomic mass is 16.5. The van der Waals surface area contributed by atoms with E-state index in [1.807, 2.05) is 24.3 Å². The summed E-state index contributed by atoms with van der Waals surface area (Å²) in [6.45, 7) is 0.595. The highest BCUT2D eigenvalue weighted by Gasteiger charge is 2.37. The summed E-state index contributed by atoms with van der Waals surface area (Å²) in [5, 5.41) is 10.4. The Hall–Kier alpha value is -2.32. The van der Waals surface area contributed by atoms with E-state index in [1.54, 1.807) is 7.11 Å². The van der Waals surface area contributed by atoms with Gasteiger partial charge in [-0.15, -0.1) is 6.42 Å². The SMILES string of the molecule is C#CCN1C(=O)NC(=N)C1c1ccccc1COC. The van der Waals surface area contributed by atoms with Crippen molar-refractivity contribution in [3.05, 3.63) is 35.4 Å². The minimum Gasteiger partial charge on any atom is -0.380 e. The lowest BCUT2D eigenvalue weighted by atomic mass is 9.99. The Morgan fingerprint density at radius 1 is 1.53 bits per heavy atom. The predicted octanol–water partition coefficient (Wildman–Crippen LogP) is 1.51. The number of nitrogens with one attached hydrogen (secondary N) is 2. The molecule has 0 aromatic heterocycles. The lowest BCUT2D eigenvalue weighted by Crippen LogP contribution is -2.30. The number of terminal acetylenes is 1. The van der Waals surface area contributed by atoms with Gasteiger partial charge in [0.2, 0.25) is 0 Å². The standard InChI is InChI=1S/C14H15N3O2/c1-3-8-17-12(13(15)16-14(17)18)11-7-5-4-6-10(11)9-19-2/h1,4-7,12H,8-9H2,2H3,(H2,15,16,18). The number of rotatable bonds is 4. The van der Waals surface area contributed by atoms with Crippen molar-refractivity contribution in [3.8, 4) is 12.3 Å². The van der Waals surface area contributed by atoms with E-state index >= 15 is 0 Å². The number of amidine groups is 1. The number of carbonyl (C=O) groups excluding carboxylic acids is 1. The van der Waals surface area contributed by atoms with Crippen LogP contribution in [0, 0.1) is 17.8 Å². The lowest BCUT2D eigenvalue weighted by Gasteiger charge is -2.22. The largest absolute Gasteiger partial charge is 0.380 e. The smallest absolute Gasteiger partial charge is 0.324 e. The Morgan fingerprint density at radius 2 is 2.26 bits per heavy atom. The number of benzene rings is 1.